The lowest BCUT2D eigenvalue weighted by atomic mass is 10.2. The highest BCUT2D eigenvalue weighted by molar-refractivity contribution is 5.71. The average molecular weight is 239 g/mol. The van der Waals surface area contributed by atoms with E-state index in [0.29, 0.717) is 25.4 Å². The van der Waals surface area contributed by atoms with Crippen molar-refractivity contribution in [2.24, 2.45) is 5.73 Å². The predicted molar refractivity (Wildman–Crippen MR) is 64.0 cm³/mol. The number of carbonyl (C=O) groups is 1. The molecule has 2 amide bonds. The number of urea groups is 1. The minimum Gasteiger partial charge on any atom is -0.508 e. The molecule has 5 N–H and O–H groups in total. The van der Waals surface area contributed by atoms with Gasteiger partial charge in [-0.15, -0.1) is 0 Å². The monoisotopic (exact) mass is 239 g/mol. The molecule has 6 nitrogen and oxygen atoms in total. The van der Waals surface area contributed by atoms with Crippen molar-refractivity contribution in [3.8, 4) is 11.5 Å². The highest BCUT2D eigenvalue weighted by atomic mass is 16.5. The summed E-state index contributed by atoms with van der Waals surface area (Å²) >= 11 is 0. The number of nitrogens with one attached hydrogen (secondary N) is 2. The van der Waals surface area contributed by atoms with Gasteiger partial charge in [-0.25, -0.2) is 4.79 Å². The Balaban J connectivity index is 2.38. The van der Waals surface area contributed by atoms with Crippen molar-refractivity contribution in [2.45, 2.75) is 6.54 Å². The van der Waals surface area contributed by atoms with Crippen LogP contribution in [0, 0.1) is 0 Å². The Bertz CT molecular complexity index is 382. The van der Waals surface area contributed by atoms with Crippen molar-refractivity contribution in [3.63, 3.8) is 0 Å². The first-order chi connectivity index (χ1) is 8.13. The van der Waals surface area contributed by atoms with Gasteiger partial charge in [-0.2, -0.15) is 0 Å². The van der Waals surface area contributed by atoms with E-state index >= 15 is 0 Å². The van der Waals surface area contributed by atoms with Gasteiger partial charge >= 0.3 is 6.03 Å². The fourth-order valence-corrected chi connectivity index (χ4v) is 1.33. The second-order valence-corrected chi connectivity index (χ2v) is 3.46. The summed E-state index contributed by atoms with van der Waals surface area (Å²) in [4.78, 5) is 10.4. The molecule has 17 heavy (non-hydrogen) atoms. The third-order valence-corrected chi connectivity index (χ3v) is 2.20. The van der Waals surface area contributed by atoms with Gasteiger partial charge in [0.1, 0.15) is 11.5 Å². The average Bonchev–Trinajstić information content (AvgIpc) is 2.30. The topological polar surface area (TPSA) is 96.6 Å². The quantitative estimate of drug-likeness (QED) is 0.532. The van der Waals surface area contributed by atoms with E-state index in [1.54, 1.807) is 25.3 Å². The van der Waals surface area contributed by atoms with Crippen LogP contribution in [-0.2, 0) is 6.54 Å². The smallest absolute Gasteiger partial charge is 0.312 e. The molecule has 0 atom stereocenters. The minimum atomic E-state index is -0.545. The van der Waals surface area contributed by atoms with E-state index in [9.17, 15) is 9.90 Å². The summed E-state index contributed by atoms with van der Waals surface area (Å²) in [5, 5.41) is 15.1. The number of aromatic hydroxyl groups is 1. The van der Waals surface area contributed by atoms with Crippen LogP contribution in [0.5, 0.6) is 11.5 Å². The molecule has 6 heteroatoms. The molecule has 0 bridgehead atoms. The zero-order chi connectivity index (χ0) is 12.7. The van der Waals surface area contributed by atoms with Gasteiger partial charge in [0.05, 0.1) is 7.11 Å². The molecule has 94 valence electrons. The van der Waals surface area contributed by atoms with Gasteiger partial charge < -0.3 is 26.2 Å². The summed E-state index contributed by atoms with van der Waals surface area (Å²) in [5.41, 5.74) is 5.65. The van der Waals surface area contributed by atoms with E-state index in [1.807, 2.05) is 0 Å². The molecule has 0 spiro atoms. The van der Waals surface area contributed by atoms with Gasteiger partial charge in [0.15, 0.2) is 0 Å². The number of primary amides is 1. The third-order valence-electron chi connectivity index (χ3n) is 2.20. The highest BCUT2D eigenvalue weighted by Crippen LogP contribution is 2.22. The molecule has 0 saturated heterocycles. The van der Waals surface area contributed by atoms with Crippen LogP contribution in [-0.4, -0.2) is 31.3 Å². The second kappa shape index (κ2) is 6.59. The van der Waals surface area contributed by atoms with Crippen LogP contribution in [0.4, 0.5) is 4.79 Å². The summed E-state index contributed by atoms with van der Waals surface area (Å²) in [7, 11) is 1.57. The van der Waals surface area contributed by atoms with E-state index in [4.69, 9.17) is 10.5 Å². The molecule has 0 aliphatic rings. The zero-order valence-electron chi connectivity index (χ0n) is 9.69. The van der Waals surface area contributed by atoms with Gasteiger partial charge in [0.25, 0.3) is 0 Å². The molecule has 0 radical (unpaired) electrons. The lowest BCUT2D eigenvalue weighted by Gasteiger charge is -2.08. The molecule has 0 unspecified atom stereocenters. The third kappa shape index (κ3) is 4.60. The first-order valence-electron chi connectivity index (χ1n) is 5.23. The number of phenolic OH excluding ortho intramolecular Hbond substituents is 1. The summed E-state index contributed by atoms with van der Waals surface area (Å²) < 4.78 is 5.06. The Hall–Kier alpha value is -1.95. The number of carbonyl (C=O) groups excluding carboxylic acids is 1. The van der Waals surface area contributed by atoms with Crippen molar-refractivity contribution >= 4 is 6.03 Å². The van der Waals surface area contributed by atoms with Crippen LogP contribution in [0.3, 0.4) is 0 Å². The lowest BCUT2D eigenvalue weighted by Crippen LogP contribution is -2.35. The maximum atomic E-state index is 10.4. The molecule has 0 aliphatic carbocycles. The van der Waals surface area contributed by atoms with E-state index < -0.39 is 6.03 Å². The lowest BCUT2D eigenvalue weighted by molar-refractivity contribution is 0.249. The van der Waals surface area contributed by atoms with Gasteiger partial charge in [0.2, 0.25) is 0 Å². The number of methoxy groups -OCH3 is 1. The SMILES string of the molecule is COc1ccc(O)c(CNCCNC(N)=O)c1. The van der Waals surface area contributed by atoms with Crippen molar-refractivity contribution in [1.29, 1.82) is 0 Å². The summed E-state index contributed by atoms with van der Waals surface area (Å²) in [6.07, 6.45) is 0. The molecule has 0 saturated carbocycles. The number of amides is 2. The normalized spacial score (nSPS) is 9.94. The highest BCUT2D eigenvalue weighted by Gasteiger charge is 2.02. The number of ether oxygens (including phenoxy) is 1. The van der Waals surface area contributed by atoms with Crippen LogP contribution in [0.1, 0.15) is 5.56 Å². The van der Waals surface area contributed by atoms with Crippen LogP contribution in [0.15, 0.2) is 18.2 Å². The summed E-state index contributed by atoms with van der Waals surface area (Å²) in [5.74, 6) is 0.899. The van der Waals surface area contributed by atoms with Crippen molar-refractivity contribution in [2.75, 3.05) is 20.2 Å². The largest absolute Gasteiger partial charge is 0.508 e. The van der Waals surface area contributed by atoms with Gasteiger partial charge in [-0.3, -0.25) is 0 Å². The van der Waals surface area contributed by atoms with Gasteiger partial charge in [-0.1, -0.05) is 0 Å². The van der Waals surface area contributed by atoms with E-state index in [2.05, 4.69) is 10.6 Å². The van der Waals surface area contributed by atoms with Gasteiger partial charge in [-0.05, 0) is 18.2 Å². The van der Waals surface area contributed by atoms with Crippen LogP contribution in [0.25, 0.3) is 0 Å². The number of benzene rings is 1. The molecule has 0 aromatic heterocycles. The van der Waals surface area contributed by atoms with Crippen LogP contribution >= 0.6 is 0 Å². The summed E-state index contributed by atoms with van der Waals surface area (Å²) in [6.45, 7) is 1.50. The Morgan fingerprint density at radius 3 is 2.88 bits per heavy atom. The first kappa shape index (κ1) is 13.1. The fourth-order valence-electron chi connectivity index (χ4n) is 1.33. The van der Waals surface area contributed by atoms with E-state index in [1.165, 1.54) is 0 Å². The molecule has 1 rings (SSSR count). The van der Waals surface area contributed by atoms with Gasteiger partial charge in [0, 0.05) is 25.2 Å². The van der Waals surface area contributed by atoms with Crippen molar-refractivity contribution < 1.29 is 14.6 Å². The molecule has 1 aromatic rings. The van der Waals surface area contributed by atoms with Crippen LogP contribution < -0.4 is 21.1 Å². The number of phenols is 1. The molecule has 0 heterocycles. The number of rotatable bonds is 6. The number of nitrogens with two attached hydrogens (primary N) is 1. The Kier molecular flexibility index (Phi) is 5.09. The Morgan fingerprint density at radius 1 is 1.47 bits per heavy atom. The second-order valence-electron chi connectivity index (χ2n) is 3.46. The number of hydrogen-bond acceptors (Lipinski definition) is 4. The minimum absolute atomic E-state index is 0.209. The first-order valence-corrected chi connectivity index (χ1v) is 5.23. The van der Waals surface area contributed by atoms with E-state index in [0.717, 1.165) is 5.56 Å². The Labute approximate surface area is 99.8 Å². The summed E-state index contributed by atoms with van der Waals surface area (Å²) in [6, 6.07) is 4.48. The Morgan fingerprint density at radius 2 is 2.24 bits per heavy atom. The molecule has 0 fully saturated rings. The maximum Gasteiger partial charge on any atom is 0.312 e. The van der Waals surface area contributed by atoms with E-state index in [-0.39, 0.29) is 5.75 Å². The standard InChI is InChI=1S/C11H17N3O3/c1-17-9-2-3-10(15)8(6-9)7-13-4-5-14-11(12)16/h2-3,6,13,15H,4-5,7H2,1H3,(H3,12,14,16). The molecule has 1 aromatic carbocycles. The van der Waals surface area contributed by atoms with Crippen molar-refractivity contribution in [3.05, 3.63) is 23.8 Å². The molecular weight excluding hydrogens is 222 g/mol. The zero-order valence-corrected chi connectivity index (χ0v) is 9.69. The fraction of sp³-hybridized carbons (Fsp3) is 0.364. The molecular formula is C11H17N3O3. The number of hydrogen-bond donors (Lipinski definition) is 4. The predicted octanol–water partition coefficient (Wildman–Crippen LogP) is 0.159. The van der Waals surface area contributed by atoms with Crippen LogP contribution in [0.2, 0.25) is 0 Å². The van der Waals surface area contributed by atoms with Crippen molar-refractivity contribution in [1.82, 2.24) is 10.6 Å². The molecule has 0 aliphatic heterocycles. The maximum absolute atomic E-state index is 10.4.